The second-order valence-electron chi connectivity index (χ2n) is 6.63. The summed E-state index contributed by atoms with van der Waals surface area (Å²) in [5.74, 6) is -0.633. The summed E-state index contributed by atoms with van der Waals surface area (Å²) in [6.45, 7) is 0.117. The number of aryl methyl sites for hydroxylation is 1. The fourth-order valence-corrected chi connectivity index (χ4v) is 2.86. The maximum absolute atomic E-state index is 13.1. The predicted molar refractivity (Wildman–Crippen MR) is 107 cm³/mol. The minimum absolute atomic E-state index is 0.0729. The molecule has 3 aromatic rings. The maximum atomic E-state index is 13.1. The normalized spacial score (nSPS) is 11.0. The first-order valence-corrected chi connectivity index (χ1v) is 9.24. The molecule has 158 valence electrons. The molecule has 3 rings (SSSR count). The highest BCUT2D eigenvalue weighted by molar-refractivity contribution is 5.89. The van der Waals surface area contributed by atoms with E-state index in [2.05, 4.69) is 9.97 Å². The lowest BCUT2D eigenvalue weighted by Gasteiger charge is -2.11. The minimum atomic E-state index is -4.57. The Balaban J connectivity index is 1.74. The smallest absolute Gasteiger partial charge is 0.416 e. The van der Waals surface area contributed by atoms with Crippen molar-refractivity contribution in [3.05, 3.63) is 77.2 Å². The molecule has 2 N–H and O–H groups in total. The van der Waals surface area contributed by atoms with Crippen molar-refractivity contribution < 1.29 is 22.7 Å². The van der Waals surface area contributed by atoms with Crippen molar-refractivity contribution in [3.8, 4) is 17.3 Å². The largest absolute Gasteiger partial charge is 0.462 e. The molecular formula is C22H17F3N4O2. The summed E-state index contributed by atoms with van der Waals surface area (Å²) in [6.07, 6.45) is -3.83. The van der Waals surface area contributed by atoms with E-state index in [9.17, 15) is 23.2 Å². The van der Waals surface area contributed by atoms with Crippen LogP contribution in [0.3, 0.4) is 0 Å². The number of alkyl halides is 3. The number of anilines is 1. The Labute approximate surface area is 176 Å². The van der Waals surface area contributed by atoms with Crippen LogP contribution >= 0.6 is 0 Å². The number of nitrogens with two attached hydrogens (primary N) is 1. The molecule has 2 aromatic carbocycles. The molecule has 0 spiro atoms. The summed E-state index contributed by atoms with van der Waals surface area (Å²) in [5, 5.41) is 9.19. The van der Waals surface area contributed by atoms with Crippen LogP contribution in [0.2, 0.25) is 0 Å². The van der Waals surface area contributed by atoms with Crippen LogP contribution in [0.1, 0.15) is 33.9 Å². The average molecular weight is 426 g/mol. The van der Waals surface area contributed by atoms with E-state index in [0.717, 1.165) is 12.1 Å². The number of nitrogens with zero attached hydrogens (tertiary/aromatic N) is 3. The van der Waals surface area contributed by atoms with Gasteiger partial charge in [-0.15, -0.1) is 0 Å². The van der Waals surface area contributed by atoms with Gasteiger partial charge in [0.2, 0.25) is 5.82 Å². The lowest BCUT2D eigenvalue weighted by Crippen LogP contribution is -2.08. The van der Waals surface area contributed by atoms with E-state index < -0.39 is 17.7 Å². The molecule has 0 atom stereocenters. The van der Waals surface area contributed by atoms with Gasteiger partial charge >= 0.3 is 12.1 Å². The zero-order valence-electron chi connectivity index (χ0n) is 16.2. The van der Waals surface area contributed by atoms with Gasteiger partial charge in [-0.05, 0) is 49.2 Å². The first-order valence-electron chi connectivity index (χ1n) is 9.24. The number of hydrogen-bond acceptors (Lipinski definition) is 6. The third-order valence-corrected chi connectivity index (χ3v) is 4.28. The van der Waals surface area contributed by atoms with Crippen molar-refractivity contribution >= 4 is 11.7 Å². The molecule has 0 aliphatic rings. The van der Waals surface area contributed by atoms with Crippen LogP contribution in [0.5, 0.6) is 0 Å². The zero-order valence-corrected chi connectivity index (χ0v) is 16.2. The Hall–Kier alpha value is -3.93. The van der Waals surface area contributed by atoms with E-state index in [0.29, 0.717) is 24.1 Å². The molecule has 0 unspecified atom stereocenters. The van der Waals surface area contributed by atoms with Gasteiger partial charge in [-0.25, -0.2) is 14.8 Å². The molecule has 0 aliphatic carbocycles. The predicted octanol–water partition coefficient (Wildman–Crippen LogP) is 4.41. The van der Waals surface area contributed by atoms with Crippen LogP contribution in [0, 0.1) is 11.3 Å². The van der Waals surface area contributed by atoms with E-state index in [-0.39, 0.29) is 29.4 Å². The van der Waals surface area contributed by atoms with Gasteiger partial charge < -0.3 is 10.5 Å². The van der Waals surface area contributed by atoms with E-state index in [1.807, 2.05) is 0 Å². The van der Waals surface area contributed by atoms with Gasteiger partial charge in [0, 0.05) is 16.9 Å². The van der Waals surface area contributed by atoms with Crippen LogP contribution in [0.25, 0.3) is 11.3 Å². The highest BCUT2D eigenvalue weighted by Crippen LogP contribution is 2.34. The van der Waals surface area contributed by atoms with Gasteiger partial charge in [0.25, 0.3) is 0 Å². The van der Waals surface area contributed by atoms with E-state index in [4.69, 9.17) is 10.5 Å². The first kappa shape index (κ1) is 21.8. The molecule has 1 aromatic heterocycles. The lowest BCUT2D eigenvalue weighted by atomic mass is 10.0. The van der Waals surface area contributed by atoms with Gasteiger partial charge in [-0.1, -0.05) is 18.2 Å². The number of nitrogen functional groups attached to an aromatic ring is 1. The summed E-state index contributed by atoms with van der Waals surface area (Å²) in [6, 6.07) is 14.9. The molecule has 0 aliphatic heterocycles. The number of nitriles is 1. The molecule has 0 saturated heterocycles. The summed E-state index contributed by atoms with van der Waals surface area (Å²) < 4.78 is 44.5. The van der Waals surface area contributed by atoms with E-state index >= 15 is 0 Å². The molecule has 0 saturated carbocycles. The summed E-state index contributed by atoms with van der Waals surface area (Å²) in [7, 11) is 0. The summed E-state index contributed by atoms with van der Waals surface area (Å²) in [5.41, 5.74) is 5.79. The third-order valence-electron chi connectivity index (χ3n) is 4.28. The molecular weight excluding hydrogens is 409 g/mol. The van der Waals surface area contributed by atoms with Gasteiger partial charge in [0.1, 0.15) is 6.07 Å². The Morgan fingerprint density at radius 1 is 1.10 bits per heavy atom. The highest BCUT2D eigenvalue weighted by Gasteiger charge is 2.31. The maximum Gasteiger partial charge on any atom is 0.416 e. The van der Waals surface area contributed by atoms with E-state index in [1.54, 1.807) is 36.4 Å². The molecule has 31 heavy (non-hydrogen) atoms. The topological polar surface area (TPSA) is 102 Å². The fraction of sp³-hybridized carbons (Fsp3) is 0.182. The number of benzene rings is 2. The van der Waals surface area contributed by atoms with Crippen molar-refractivity contribution in [2.75, 3.05) is 12.3 Å². The number of ether oxygens (including phenoxy) is 1. The Bertz CT molecular complexity index is 1130. The molecule has 9 heteroatoms. The van der Waals surface area contributed by atoms with Crippen LogP contribution in [-0.4, -0.2) is 22.5 Å². The number of halogens is 3. The SMILES string of the molecule is N#Cc1nc(CCCOC(=O)c2ccccc2)cc(-c2cc(N)cc(C(F)(F)F)c2)n1. The molecule has 0 radical (unpaired) electrons. The molecule has 1 heterocycles. The van der Waals surface area contributed by atoms with E-state index in [1.165, 1.54) is 12.1 Å². The van der Waals surface area contributed by atoms with Crippen LogP contribution in [0.4, 0.5) is 18.9 Å². The summed E-state index contributed by atoms with van der Waals surface area (Å²) in [4.78, 5) is 20.0. The molecule has 0 fully saturated rings. The van der Waals surface area contributed by atoms with Gasteiger partial charge in [0.15, 0.2) is 0 Å². The summed E-state index contributed by atoms with van der Waals surface area (Å²) >= 11 is 0. The standard InChI is InChI=1S/C22H17F3N4O2/c23-22(24,25)16-9-15(10-17(27)11-16)19-12-18(28-20(13-26)29-19)7-4-8-31-21(30)14-5-2-1-3-6-14/h1-3,5-6,9-12H,4,7-8,27H2. The number of esters is 1. The van der Waals surface area contributed by atoms with Crippen LogP contribution in [0.15, 0.2) is 54.6 Å². The Morgan fingerprint density at radius 2 is 1.84 bits per heavy atom. The van der Waals surface area contributed by atoms with Crippen molar-refractivity contribution in [1.29, 1.82) is 5.26 Å². The second kappa shape index (κ2) is 9.26. The second-order valence-corrected chi connectivity index (χ2v) is 6.63. The number of carbonyl (C=O) groups is 1. The monoisotopic (exact) mass is 426 g/mol. The Morgan fingerprint density at radius 3 is 2.52 bits per heavy atom. The third kappa shape index (κ3) is 5.79. The number of rotatable bonds is 6. The van der Waals surface area contributed by atoms with Crippen molar-refractivity contribution in [2.45, 2.75) is 19.0 Å². The number of hydrogen-bond donors (Lipinski definition) is 1. The molecule has 0 bridgehead atoms. The zero-order chi connectivity index (χ0) is 22.4. The quantitative estimate of drug-likeness (QED) is 0.356. The van der Waals surface area contributed by atoms with Gasteiger partial charge in [-0.2, -0.15) is 18.4 Å². The van der Waals surface area contributed by atoms with Crippen molar-refractivity contribution in [3.63, 3.8) is 0 Å². The Kier molecular flexibility index (Phi) is 6.50. The molecule has 0 amide bonds. The van der Waals surface area contributed by atoms with Gasteiger partial charge in [-0.3, -0.25) is 0 Å². The van der Waals surface area contributed by atoms with Crippen molar-refractivity contribution in [2.24, 2.45) is 0 Å². The first-order chi connectivity index (χ1) is 14.8. The average Bonchev–Trinajstić information content (AvgIpc) is 2.76. The lowest BCUT2D eigenvalue weighted by molar-refractivity contribution is -0.137. The fourth-order valence-electron chi connectivity index (χ4n) is 2.86. The van der Waals surface area contributed by atoms with Crippen LogP contribution < -0.4 is 5.73 Å². The minimum Gasteiger partial charge on any atom is -0.462 e. The van der Waals surface area contributed by atoms with Crippen molar-refractivity contribution in [1.82, 2.24) is 9.97 Å². The number of carbonyl (C=O) groups excluding carboxylic acids is 1. The van der Waals surface area contributed by atoms with Gasteiger partial charge in [0.05, 0.1) is 23.4 Å². The number of aromatic nitrogens is 2. The molecule has 6 nitrogen and oxygen atoms in total. The van der Waals surface area contributed by atoms with Crippen LogP contribution in [-0.2, 0) is 17.3 Å². The highest BCUT2D eigenvalue weighted by atomic mass is 19.4.